The van der Waals surface area contributed by atoms with Gasteiger partial charge < -0.3 is 10.6 Å². The Labute approximate surface area is 201 Å². The number of hydrogen-bond acceptors (Lipinski definition) is 7. The summed E-state index contributed by atoms with van der Waals surface area (Å²) >= 11 is 0. The normalized spacial score (nSPS) is 14.7. The van der Waals surface area contributed by atoms with Crippen LogP contribution in [0.5, 0.6) is 0 Å². The van der Waals surface area contributed by atoms with Crippen LogP contribution in [0.3, 0.4) is 0 Å². The van der Waals surface area contributed by atoms with Gasteiger partial charge in [0.1, 0.15) is 18.3 Å². The number of benzene rings is 1. The molecule has 4 aromatic rings. The van der Waals surface area contributed by atoms with Crippen LogP contribution in [-0.4, -0.2) is 58.3 Å². The predicted octanol–water partition coefficient (Wildman–Crippen LogP) is 2.69. The quantitative estimate of drug-likeness (QED) is 0.430. The lowest BCUT2D eigenvalue weighted by molar-refractivity contribution is -0.137. The van der Waals surface area contributed by atoms with Crippen molar-refractivity contribution in [3.8, 4) is 5.82 Å². The van der Waals surface area contributed by atoms with Crippen molar-refractivity contribution < 1.29 is 22.8 Å². The Kier molecular flexibility index (Phi) is 5.45. The molecule has 2 N–H and O–H groups in total. The van der Waals surface area contributed by atoms with Gasteiger partial charge in [-0.3, -0.25) is 14.3 Å². The lowest BCUT2D eigenvalue weighted by atomic mass is 10.0. The van der Waals surface area contributed by atoms with E-state index in [1.807, 2.05) is 0 Å². The summed E-state index contributed by atoms with van der Waals surface area (Å²) in [7, 11) is 1.46. The molecule has 0 spiro atoms. The number of hydrogen-bond donors (Lipinski definition) is 1. The molecule has 1 atom stereocenters. The Morgan fingerprint density at radius 1 is 1.11 bits per heavy atom. The minimum Gasteiger partial charge on any atom is -0.364 e. The average Bonchev–Trinajstić information content (AvgIpc) is 3.40. The molecule has 1 aromatic carbocycles. The summed E-state index contributed by atoms with van der Waals surface area (Å²) in [6, 6.07) is 2.49. The van der Waals surface area contributed by atoms with Crippen LogP contribution >= 0.6 is 0 Å². The van der Waals surface area contributed by atoms with E-state index in [2.05, 4.69) is 25.1 Å². The molecular weight excluding hydrogens is 479 g/mol. The lowest BCUT2D eigenvalue weighted by Gasteiger charge is -2.25. The van der Waals surface area contributed by atoms with E-state index in [0.29, 0.717) is 5.39 Å². The van der Waals surface area contributed by atoms with Gasteiger partial charge in [0, 0.05) is 18.5 Å². The summed E-state index contributed by atoms with van der Waals surface area (Å²) in [5.74, 6) is -0.965. The first-order valence-electron chi connectivity index (χ1n) is 10.9. The van der Waals surface area contributed by atoms with Gasteiger partial charge in [-0.2, -0.15) is 28.1 Å². The number of amides is 2. The maximum atomic E-state index is 13.7. The Hall–Kier alpha value is -4.36. The average molecular weight is 499 g/mol. The van der Waals surface area contributed by atoms with E-state index in [1.54, 1.807) is 11.6 Å². The zero-order valence-corrected chi connectivity index (χ0v) is 19.1. The molecule has 1 aliphatic carbocycles. The fourth-order valence-electron chi connectivity index (χ4n) is 3.94. The molecule has 14 heteroatoms. The standard InChI is InChI=1S/C22H20F3N9O2/c1-11(20-29-10-31-34(20)18-7-16(19(26)35)27-9-28-18)32(2)21(36)14-5-12(22(23,24)25)6-17-15(14)8-30-33(17)13-3-4-13/h5-11,13H,3-4H2,1-2H3,(H2,26,35)/t11-/m0/s1. The molecule has 186 valence electrons. The van der Waals surface area contributed by atoms with E-state index in [4.69, 9.17) is 5.73 Å². The number of fused-ring (bicyclic) bond motifs is 1. The molecule has 0 unspecified atom stereocenters. The molecule has 1 saturated carbocycles. The zero-order valence-electron chi connectivity index (χ0n) is 19.1. The summed E-state index contributed by atoms with van der Waals surface area (Å²) in [5, 5.41) is 8.70. The van der Waals surface area contributed by atoms with Gasteiger partial charge in [0.05, 0.1) is 34.9 Å². The van der Waals surface area contributed by atoms with Gasteiger partial charge in [0.15, 0.2) is 11.6 Å². The Morgan fingerprint density at radius 3 is 2.53 bits per heavy atom. The van der Waals surface area contributed by atoms with Gasteiger partial charge in [-0.05, 0) is 31.9 Å². The number of carbonyl (C=O) groups excluding carboxylic acids is 2. The number of carbonyl (C=O) groups is 2. The summed E-state index contributed by atoms with van der Waals surface area (Å²) < 4.78 is 44.0. The minimum atomic E-state index is -4.64. The minimum absolute atomic E-state index is 0.0299. The summed E-state index contributed by atoms with van der Waals surface area (Å²) in [4.78, 5) is 38.4. The molecule has 11 nitrogen and oxygen atoms in total. The van der Waals surface area contributed by atoms with E-state index in [1.165, 1.54) is 35.2 Å². The molecule has 1 aliphatic rings. The number of nitrogens with zero attached hydrogens (tertiary/aromatic N) is 8. The van der Waals surface area contributed by atoms with E-state index >= 15 is 0 Å². The first-order chi connectivity index (χ1) is 17.1. The molecule has 0 bridgehead atoms. The van der Waals surface area contributed by atoms with E-state index in [-0.39, 0.29) is 34.5 Å². The molecule has 0 saturated heterocycles. The molecule has 3 aromatic heterocycles. The topological polar surface area (TPSA) is 138 Å². The maximum Gasteiger partial charge on any atom is 0.416 e. The van der Waals surface area contributed by atoms with Crippen molar-refractivity contribution in [2.75, 3.05) is 7.05 Å². The largest absolute Gasteiger partial charge is 0.416 e. The molecule has 2 amide bonds. The van der Waals surface area contributed by atoms with E-state index < -0.39 is 29.6 Å². The highest BCUT2D eigenvalue weighted by atomic mass is 19.4. The Morgan fingerprint density at radius 2 is 1.86 bits per heavy atom. The fourth-order valence-corrected chi connectivity index (χ4v) is 3.94. The SMILES string of the molecule is C[C@@H](c1ncnn1-c1cc(C(N)=O)ncn1)N(C)C(=O)c1cc(C(F)(F)F)cc2c1cnn2C1CC1. The van der Waals surface area contributed by atoms with Gasteiger partial charge in [-0.1, -0.05) is 0 Å². The van der Waals surface area contributed by atoms with E-state index in [9.17, 15) is 22.8 Å². The van der Waals surface area contributed by atoms with Crippen LogP contribution in [0.15, 0.2) is 37.1 Å². The summed E-state index contributed by atoms with van der Waals surface area (Å²) in [5.41, 5.74) is 4.46. The zero-order chi connectivity index (χ0) is 25.8. The maximum absolute atomic E-state index is 13.7. The third-order valence-electron chi connectivity index (χ3n) is 6.14. The highest BCUT2D eigenvalue weighted by Gasteiger charge is 2.35. The van der Waals surface area contributed by atoms with Crippen molar-refractivity contribution in [2.24, 2.45) is 5.73 Å². The first-order valence-corrected chi connectivity index (χ1v) is 10.9. The Bertz CT molecular complexity index is 1490. The Balaban J connectivity index is 1.53. The number of nitrogens with two attached hydrogens (primary N) is 1. The molecule has 5 rings (SSSR count). The molecule has 1 fully saturated rings. The van der Waals surface area contributed by atoms with Crippen molar-refractivity contribution in [3.63, 3.8) is 0 Å². The van der Waals surface area contributed by atoms with Gasteiger partial charge in [-0.25, -0.2) is 15.0 Å². The highest BCUT2D eigenvalue weighted by Crippen LogP contribution is 2.40. The van der Waals surface area contributed by atoms with Gasteiger partial charge in [-0.15, -0.1) is 0 Å². The van der Waals surface area contributed by atoms with Crippen LogP contribution < -0.4 is 5.73 Å². The second-order valence-electron chi connectivity index (χ2n) is 8.52. The third kappa shape index (κ3) is 4.03. The predicted molar refractivity (Wildman–Crippen MR) is 119 cm³/mol. The van der Waals surface area contributed by atoms with Crippen LogP contribution in [-0.2, 0) is 6.18 Å². The molecule has 36 heavy (non-hydrogen) atoms. The van der Waals surface area contributed by atoms with Crippen molar-refractivity contribution in [3.05, 3.63) is 59.7 Å². The number of primary amides is 1. The van der Waals surface area contributed by atoms with E-state index in [0.717, 1.165) is 31.3 Å². The van der Waals surface area contributed by atoms with Crippen LogP contribution in [0, 0.1) is 0 Å². The number of alkyl halides is 3. The van der Waals surface area contributed by atoms with Crippen molar-refractivity contribution in [1.29, 1.82) is 0 Å². The third-order valence-corrected chi connectivity index (χ3v) is 6.14. The summed E-state index contributed by atoms with van der Waals surface area (Å²) in [6.45, 7) is 1.65. The second kappa shape index (κ2) is 8.39. The van der Waals surface area contributed by atoms with Gasteiger partial charge in [0.25, 0.3) is 11.8 Å². The van der Waals surface area contributed by atoms with Crippen LogP contribution in [0.25, 0.3) is 16.7 Å². The first kappa shape index (κ1) is 23.4. The molecule has 0 aliphatic heterocycles. The number of rotatable bonds is 6. The highest BCUT2D eigenvalue weighted by molar-refractivity contribution is 6.06. The van der Waals surface area contributed by atoms with Crippen LogP contribution in [0.2, 0.25) is 0 Å². The van der Waals surface area contributed by atoms with Crippen molar-refractivity contribution in [2.45, 2.75) is 38.0 Å². The lowest BCUT2D eigenvalue weighted by Crippen LogP contribution is -2.32. The summed E-state index contributed by atoms with van der Waals surface area (Å²) in [6.07, 6.45) is 0.800. The van der Waals surface area contributed by atoms with Crippen LogP contribution in [0.1, 0.15) is 64.1 Å². The number of halogens is 3. The second-order valence-corrected chi connectivity index (χ2v) is 8.52. The smallest absolute Gasteiger partial charge is 0.364 e. The molecule has 0 radical (unpaired) electrons. The van der Waals surface area contributed by atoms with Crippen LogP contribution in [0.4, 0.5) is 13.2 Å². The van der Waals surface area contributed by atoms with Crippen molar-refractivity contribution >= 4 is 22.7 Å². The molecule has 3 heterocycles. The van der Waals surface area contributed by atoms with Crippen molar-refractivity contribution in [1.82, 2.24) is 39.4 Å². The molecular formula is C22H20F3N9O2. The monoisotopic (exact) mass is 499 g/mol. The van der Waals surface area contributed by atoms with Gasteiger partial charge in [0.2, 0.25) is 0 Å². The number of aromatic nitrogens is 7. The van der Waals surface area contributed by atoms with Gasteiger partial charge >= 0.3 is 6.18 Å². The fraction of sp³-hybridized carbons (Fsp3) is 0.318.